The zero-order valence-electron chi connectivity index (χ0n) is 8.48. The summed E-state index contributed by atoms with van der Waals surface area (Å²) in [6.07, 6.45) is -0.144. The maximum Gasteiger partial charge on any atom is 0.307 e. The Labute approximate surface area is 96.6 Å². The van der Waals surface area contributed by atoms with Crippen LogP contribution in [-0.4, -0.2) is 29.5 Å². The Kier molecular flexibility index (Phi) is 3.46. The molecule has 5 heteroatoms. The number of benzene rings is 1. The highest BCUT2D eigenvalue weighted by Gasteiger charge is 2.21. The van der Waals surface area contributed by atoms with Crippen LogP contribution in [0.1, 0.15) is 5.56 Å². The molecule has 1 aliphatic heterocycles. The van der Waals surface area contributed by atoms with Gasteiger partial charge in [-0.1, -0.05) is 6.07 Å². The van der Waals surface area contributed by atoms with Crippen LogP contribution < -0.4 is 0 Å². The van der Waals surface area contributed by atoms with E-state index in [2.05, 4.69) is 0 Å². The molecule has 3 nitrogen and oxygen atoms in total. The van der Waals surface area contributed by atoms with Gasteiger partial charge in [0, 0.05) is 4.90 Å². The number of carbonyl (C=O) groups is 1. The van der Waals surface area contributed by atoms with Crippen LogP contribution >= 0.6 is 11.8 Å². The van der Waals surface area contributed by atoms with E-state index < -0.39 is 5.97 Å². The van der Waals surface area contributed by atoms with Crippen LogP contribution in [0.5, 0.6) is 0 Å². The molecule has 0 aliphatic carbocycles. The first-order valence-corrected chi connectivity index (χ1v) is 5.78. The Morgan fingerprint density at radius 1 is 1.56 bits per heavy atom. The molecule has 1 N–H and O–H groups in total. The molecule has 0 unspecified atom stereocenters. The molecule has 0 aromatic heterocycles. The zero-order valence-corrected chi connectivity index (χ0v) is 9.30. The highest BCUT2D eigenvalue weighted by molar-refractivity contribution is 8.00. The average molecular weight is 242 g/mol. The SMILES string of the molecule is O=C(O)Cc1ccc(SC2COC2)c(F)c1. The third-order valence-electron chi connectivity index (χ3n) is 2.25. The van der Waals surface area contributed by atoms with E-state index in [1.54, 1.807) is 12.1 Å². The average Bonchev–Trinajstić information content (AvgIpc) is 2.12. The quantitative estimate of drug-likeness (QED) is 0.876. The molecular weight excluding hydrogens is 231 g/mol. The fourth-order valence-electron chi connectivity index (χ4n) is 1.39. The predicted octanol–water partition coefficient (Wildman–Crippen LogP) is 1.94. The Morgan fingerprint density at radius 2 is 2.31 bits per heavy atom. The van der Waals surface area contributed by atoms with Gasteiger partial charge in [0.25, 0.3) is 0 Å². The molecule has 2 rings (SSSR count). The van der Waals surface area contributed by atoms with Crippen molar-refractivity contribution < 1.29 is 19.0 Å². The van der Waals surface area contributed by atoms with Gasteiger partial charge in [0.1, 0.15) is 5.82 Å². The highest BCUT2D eigenvalue weighted by atomic mass is 32.2. The predicted molar refractivity (Wildman–Crippen MR) is 58.2 cm³/mol. The first-order chi connectivity index (χ1) is 7.65. The smallest absolute Gasteiger partial charge is 0.307 e. The lowest BCUT2D eigenvalue weighted by atomic mass is 10.1. The molecule has 16 heavy (non-hydrogen) atoms. The Hall–Kier alpha value is -1.07. The lowest BCUT2D eigenvalue weighted by Crippen LogP contribution is -2.30. The minimum absolute atomic E-state index is 0.144. The summed E-state index contributed by atoms with van der Waals surface area (Å²) in [7, 11) is 0. The summed E-state index contributed by atoms with van der Waals surface area (Å²) in [5, 5.41) is 8.89. The first kappa shape index (κ1) is 11.4. The van der Waals surface area contributed by atoms with E-state index in [1.165, 1.54) is 17.8 Å². The van der Waals surface area contributed by atoms with Gasteiger partial charge in [-0.05, 0) is 17.7 Å². The van der Waals surface area contributed by atoms with E-state index >= 15 is 0 Å². The van der Waals surface area contributed by atoms with Crippen molar-refractivity contribution in [2.75, 3.05) is 13.2 Å². The monoisotopic (exact) mass is 242 g/mol. The molecule has 1 aromatic carbocycles. The van der Waals surface area contributed by atoms with Gasteiger partial charge in [-0.3, -0.25) is 4.79 Å². The number of rotatable bonds is 4. The molecule has 0 saturated carbocycles. The lowest BCUT2D eigenvalue weighted by Gasteiger charge is -2.25. The maximum atomic E-state index is 13.6. The second kappa shape index (κ2) is 4.84. The maximum absolute atomic E-state index is 13.6. The second-order valence-corrected chi connectivity index (χ2v) is 4.95. The van der Waals surface area contributed by atoms with Crippen molar-refractivity contribution >= 4 is 17.7 Å². The topological polar surface area (TPSA) is 46.5 Å². The zero-order chi connectivity index (χ0) is 11.5. The Balaban J connectivity index is 2.06. The Bertz CT molecular complexity index is 404. The van der Waals surface area contributed by atoms with Crippen molar-refractivity contribution in [1.29, 1.82) is 0 Å². The van der Waals surface area contributed by atoms with Gasteiger partial charge in [-0.25, -0.2) is 4.39 Å². The van der Waals surface area contributed by atoms with Gasteiger partial charge in [-0.2, -0.15) is 0 Å². The molecule has 1 fully saturated rings. The summed E-state index contributed by atoms with van der Waals surface area (Å²) in [5.74, 6) is -1.30. The summed E-state index contributed by atoms with van der Waals surface area (Å²) in [5.41, 5.74) is 0.485. The molecule has 0 radical (unpaired) electrons. The van der Waals surface area contributed by atoms with Crippen molar-refractivity contribution in [2.45, 2.75) is 16.6 Å². The van der Waals surface area contributed by atoms with E-state index in [4.69, 9.17) is 9.84 Å². The highest BCUT2D eigenvalue weighted by Crippen LogP contribution is 2.30. The van der Waals surface area contributed by atoms with E-state index in [0.717, 1.165) is 0 Å². The molecule has 1 heterocycles. The van der Waals surface area contributed by atoms with Crippen LogP contribution in [0, 0.1) is 5.82 Å². The number of carboxylic acid groups (broad SMARTS) is 1. The summed E-state index contributed by atoms with van der Waals surface area (Å²) < 4.78 is 18.6. The first-order valence-electron chi connectivity index (χ1n) is 4.90. The van der Waals surface area contributed by atoms with Crippen LogP contribution in [0.15, 0.2) is 23.1 Å². The minimum Gasteiger partial charge on any atom is -0.481 e. The lowest BCUT2D eigenvalue weighted by molar-refractivity contribution is -0.136. The van der Waals surface area contributed by atoms with Gasteiger partial charge in [-0.15, -0.1) is 11.8 Å². The molecule has 0 amide bonds. The van der Waals surface area contributed by atoms with Gasteiger partial charge in [0.05, 0.1) is 24.9 Å². The fraction of sp³-hybridized carbons (Fsp3) is 0.364. The molecule has 0 atom stereocenters. The number of halogens is 1. The molecule has 1 aromatic rings. The molecular formula is C11H11FO3S. The molecule has 86 valence electrons. The van der Waals surface area contributed by atoms with Gasteiger partial charge >= 0.3 is 5.97 Å². The van der Waals surface area contributed by atoms with Crippen molar-refractivity contribution in [3.63, 3.8) is 0 Å². The Morgan fingerprint density at radius 3 is 2.81 bits per heavy atom. The van der Waals surface area contributed by atoms with E-state index in [9.17, 15) is 9.18 Å². The third-order valence-corrected chi connectivity index (χ3v) is 3.44. The van der Waals surface area contributed by atoms with Crippen LogP contribution in [0.2, 0.25) is 0 Å². The van der Waals surface area contributed by atoms with Crippen molar-refractivity contribution in [3.05, 3.63) is 29.6 Å². The van der Waals surface area contributed by atoms with Crippen LogP contribution in [0.25, 0.3) is 0 Å². The summed E-state index contributed by atoms with van der Waals surface area (Å²) >= 11 is 1.44. The molecule has 1 saturated heterocycles. The van der Waals surface area contributed by atoms with Crippen molar-refractivity contribution in [2.24, 2.45) is 0 Å². The minimum atomic E-state index is -0.952. The second-order valence-electron chi connectivity index (χ2n) is 3.61. The summed E-state index contributed by atoms with van der Waals surface area (Å²) in [4.78, 5) is 11.0. The van der Waals surface area contributed by atoms with E-state index in [-0.39, 0.29) is 12.2 Å². The van der Waals surface area contributed by atoms with Gasteiger partial charge in [0.2, 0.25) is 0 Å². The number of carboxylic acids is 1. The normalized spacial score (nSPS) is 15.8. The number of aliphatic carboxylic acids is 1. The van der Waals surface area contributed by atoms with Gasteiger partial charge in [0.15, 0.2) is 0 Å². The summed E-state index contributed by atoms with van der Waals surface area (Å²) in [6.45, 7) is 1.31. The largest absolute Gasteiger partial charge is 0.481 e. The summed E-state index contributed by atoms with van der Waals surface area (Å²) in [6, 6.07) is 4.58. The fourth-order valence-corrected chi connectivity index (χ4v) is 2.39. The number of ether oxygens (including phenoxy) is 1. The number of hydrogen-bond acceptors (Lipinski definition) is 3. The number of thioether (sulfide) groups is 1. The van der Waals surface area contributed by atoms with Crippen LogP contribution in [0.4, 0.5) is 4.39 Å². The third kappa shape index (κ3) is 2.74. The standard InChI is InChI=1S/C11H11FO3S/c12-9-3-7(4-11(13)14)1-2-10(9)16-8-5-15-6-8/h1-3,8H,4-6H2,(H,13,14). The van der Waals surface area contributed by atoms with Crippen LogP contribution in [0.3, 0.4) is 0 Å². The number of hydrogen-bond donors (Lipinski definition) is 1. The van der Waals surface area contributed by atoms with Crippen LogP contribution in [-0.2, 0) is 16.0 Å². The van der Waals surface area contributed by atoms with E-state index in [0.29, 0.717) is 28.9 Å². The van der Waals surface area contributed by atoms with E-state index in [1.807, 2.05) is 0 Å². The van der Waals surface area contributed by atoms with Gasteiger partial charge < -0.3 is 9.84 Å². The molecule has 0 spiro atoms. The van der Waals surface area contributed by atoms with Crippen molar-refractivity contribution in [1.82, 2.24) is 0 Å². The van der Waals surface area contributed by atoms with Crippen molar-refractivity contribution in [3.8, 4) is 0 Å². The molecule has 0 bridgehead atoms. The molecule has 1 aliphatic rings.